The Morgan fingerprint density at radius 2 is 0.707 bits per heavy atom. The topological polar surface area (TPSA) is 110 Å². The molecular formula is C52H101NO5. The molecule has 0 spiro atoms. The Morgan fingerprint density at radius 1 is 0.414 bits per heavy atom. The van der Waals surface area contributed by atoms with E-state index in [1.165, 1.54) is 199 Å². The molecule has 0 heterocycles. The van der Waals surface area contributed by atoms with E-state index in [2.05, 4.69) is 43.5 Å². The van der Waals surface area contributed by atoms with Crippen molar-refractivity contribution in [1.82, 2.24) is 5.32 Å². The zero-order valence-electron chi connectivity index (χ0n) is 38.8. The summed E-state index contributed by atoms with van der Waals surface area (Å²) >= 11 is 0. The lowest BCUT2D eigenvalue weighted by atomic mass is 10.00. The Balaban J connectivity index is 3.71. The third-order valence-electron chi connectivity index (χ3n) is 12.1. The number of carbonyl (C=O) groups is 1. The van der Waals surface area contributed by atoms with Crippen molar-refractivity contribution in [3.63, 3.8) is 0 Å². The molecule has 0 rings (SSSR count). The van der Waals surface area contributed by atoms with E-state index in [1.807, 2.05) is 0 Å². The van der Waals surface area contributed by atoms with Crippen molar-refractivity contribution in [3.05, 3.63) is 24.3 Å². The fourth-order valence-corrected chi connectivity index (χ4v) is 8.05. The molecule has 0 fully saturated rings. The molecular weight excluding hydrogens is 719 g/mol. The van der Waals surface area contributed by atoms with Gasteiger partial charge in [0, 0.05) is 0 Å². The zero-order chi connectivity index (χ0) is 42.4. The largest absolute Gasteiger partial charge is 0.394 e. The monoisotopic (exact) mass is 820 g/mol. The first-order valence-electron chi connectivity index (χ1n) is 25.7. The molecule has 0 aromatic carbocycles. The van der Waals surface area contributed by atoms with Gasteiger partial charge in [-0.05, 0) is 64.2 Å². The summed E-state index contributed by atoms with van der Waals surface area (Å²) in [6.45, 7) is 4.07. The molecule has 6 nitrogen and oxygen atoms in total. The smallest absolute Gasteiger partial charge is 0.249 e. The minimum absolute atomic E-state index is 0.357. The van der Waals surface area contributed by atoms with Gasteiger partial charge < -0.3 is 25.7 Å². The van der Waals surface area contributed by atoms with Crippen molar-refractivity contribution in [1.29, 1.82) is 0 Å². The van der Waals surface area contributed by atoms with Crippen LogP contribution >= 0.6 is 0 Å². The highest BCUT2D eigenvalue weighted by Gasteiger charge is 2.28. The summed E-state index contributed by atoms with van der Waals surface area (Å²) in [4.78, 5) is 12.6. The van der Waals surface area contributed by atoms with Crippen LogP contribution in [0.5, 0.6) is 0 Å². The van der Waals surface area contributed by atoms with Crippen LogP contribution in [-0.2, 0) is 4.79 Å². The molecule has 0 radical (unpaired) electrons. The Kier molecular flexibility index (Phi) is 45.9. The van der Waals surface area contributed by atoms with Crippen LogP contribution in [0.1, 0.15) is 271 Å². The molecule has 0 saturated heterocycles. The normalized spacial score (nSPS) is 14.1. The Bertz CT molecular complexity index is 878. The van der Waals surface area contributed by atoms with Crippen molar-refractivity contribution < 1.29 is 25.2 Å². The fraction of sp³-hybridized carbons (Fsp3) is 0.904. The van der Waals surface area contributed by atoms with Crippen LogP contribution in [0.4, 0.5) is 0 Å². The van der Waals surface area contributed by atoms with Crippen molar-refractivity contribution in [2.45, 2.75) is 295 Å². The first-order chi connectivity index (χ1) is 28.5. The predicted molar refractivity (Wildman–Crippen MR) is 251 cm³/mol. The van der Waals surface area contributed by atoms with E-state index < -0.39 is 36.9 Å². The predicted octanol–water partition coefficient (Wildman–Crippen LogP) is 14.3. The molecule has 0 aliphatic carbocycles. The number of hydrogen-bond donors (Lipinski definition) is 5. The first kappa shape index (κ1) is 56.8. The molecule has 0 aliphatic heterocycles. The molecule has 4 unspecified atom stereocenters. The zero-order valence-corrected chi connectivity index (χ0v) is 38.8. The van der Waals surface area contributed by atoms with Gasteiger partial charge >= 0.3 is 0 Å². The van der Waals surface area contributed by atoms with Crippen molar-refractivity contribution in [2.75, 3.05) is 6.61 Å². The third kappa shape index (κ3) is 40.2. The van der Waals surface area contributed by atoms with Gasteiger partial charge in [0.2, 0.25) is 5.91 Å². The van der Waals surface area contributed by atoms with E-state index >= 15 is 0 Å². The summed E-state index contributed by atoms with van der Waals surface area (Å²) in [5, 5.41) is 43.8. The number of aliphatic hydroxyl groups is 4. The van der Waals surface area contributed by atoms with E-state index in [1.54, 1.807) is 0 Å². The summed E-state index contributed by atoms with van der Waals surface area (Å²) < 4.78 is 0. The number of nitrogens with one attached hydrogen (secondary N) is 1. The van der Waals surface area contributed by atoms with Gasteiger partial charge in [0.1, 0.15) is 12.2 Å². The van der Waals surface area contributed by atoms with Gasteiger partial charge in [-0.15, -0.1) is 0 Å². The average Bonchev–Trinajstić information content (AvgIpc) is 3.23. The highest BCUT2D eigenvalue weighted by molar-refractivity contribution is 5.80. The van der Waals surface area contributed by atoms with E-state index in [0.717, 1.165) is 44.9 Å². The number of unbranched alkanes of at least 4 members (excludes halogenated alkanes) is 34. The van der Waals surface area contributed by atoms with Crippen molar-refractivity contribution in [3.8, 4) is 0 Å². The fourth-order valence-electron chi connectivity index (χ4n) is 8.05. The van der Waals surface area contributed by atoms with Crippen LogP contribution in [0, 0.1) is 0 Å². The third-order valence-corrected chi connectivity index (χ3v) is 12.1. The number of amides is 1. The van der Waals surface area contributed by atoms with Crippen LogP contribution in [0.2, 0.25) is 0 Å². The van der Waals surface area contributed by atoms with Gasteiger partial charge in [0.15, 0.2) is 0 Å². The highest BCUT2D eigenvalue weighted by atomic mass is 16.3. The second-order valence-electron chi connectivity index (χ2n) is 17.9. The standard InChI is InChI=1S/C52H101NO5/c1-3-5-7-9-11-13-15-17-19-21-23-25-26-28-30-32-34-36-38-40-42-44-46-50(56)52(58)53-48(47-54)51(57)49(55)45-43-41-39-37-35-33-31-29-27-24-22-20-18-16-14-12-10-8-6-4-2/h28,30,37,39,48-51,54-57H,3-27,29,31-36,38,40-47H2,1-2H3,(H,53,58)/b30-28-,39-37+. The van der Waals surface area contributed by atoms with Gasteiger partial charge in [-0.3, -0.25) is 4.79 Å². The second kappa shape index (κ2) is 46.8. The molecule has 6 heteroatoms. The number of hydrogen-bond acceptors (Lipinski definition) is 5. The minimum atomic E-state index is -1.28. The van der Waals surface area contributed by atoms with Gasteiger partial charge in [-0.2, -0.15) is 0 Å². The van der Waals surface area contributed by atoms with E-state index in [-0.39, 0.29) is 0 Å². The van der Waals surface area contributed by atoms with Gasteiger partial charge in [0.05, 0.1) is 18.8 Å². The minimum Gasteiger partial charge on any atom is -0.394 e. The Hall–Kier alpha value is -1.21. The van der Waals surface area contributed by atoms with Gasteiger partial charge in [0.25, 0.3) is 0 Å². The van der Waals surface area contributed by atoms with Crippen LogP contribution in [0.25, 0.3) is 0 Å². The maximum absolute atomic E-state index is 12.6. The lowest BCUT2D eigenvalue weighted by Gasteiger charge is -2.27. The summed E-state index contributed by atoms with van der Waals surface area (Å²) in [6, 6.07) is -1.00. The molecule has 1 amide bonds. The summed E-state index contributed by atoms with van der Waals surface area (Å²) in [5.41, 5.74) is 0. The summed E-state index contributed by atoms with van der Waals surface area (Å²) in [5.74, 6) is -0.595. The molecule has 0 aromatic rings. The second-order valence-corrected chi connectivity index (χ2v) is 17.9. The first-order valence-corrected chi connectivity index (χ1v) is 25.7. The Labute approximate surface area is 361 Å². The van der Waals surface area contributed by atoms with Crippen molar-refractivity contribution in [2.24, 2.45) is 0 Å². The maximum atomic E-state index is 12.6. The Morgan fingerprint density at radius 3 is 1.03 bits per heavy atom. The van der Waals surface area contributed by atoms with E-state index in [4.69, 9.17) is 0 Å². The number of rotatable bonds is 47. The molecule has 0 saturated carbocycles. The number of allylic oxidation sites excluding steroid dienone is 4. The highest BCUT2D eigenvalue weighted by Crippen LogP contribution is 2.16. The van der Waals surface area contributed by atoms with Crippen LogP contribution in [0.3, 0.4) is 0 Å². The maximum Gasteiger partial charge on any atom is 0.249 e. The summed E-state index contributed by atoms with van der Waals surface area (Å²) in [7, 11) is 0. The molecule has 0 aromatic heterocycles. The number of carbonyl (C=O) groups excluding carboxylic acids is 1. The average molecular weight is 820 g/mol. The van der Waals surface area contributed by atoms with E-state index in [9.17, 15) is 25.2 Å². The lowest BCUT2D eigenvalue weighted by molar-refractivity contribution is -0.132. The van der Waals surface area contributed by atoms with Gasteiger partial charge in [-0.1, -0.05) is 231 Å². The lowest BCUT2D eigenvalue weighted by Crippen LogP contribution is -2.53. The van der Waals surface area contributed by atoms with Crippen LogP contribution < -0.4 is 5.32 Å². The van der Waals surface area contributed by atoms with Crippen LogP contribution in [0.15, 0.2) is 24.3 Å². The van der Waals surface area contributed by atoms with Gasteiger partial charge in [-0.25, -0.2) is 0 Å². The molecule has 5 N–H and O–H groups in total. The SMILES string of the molecule is CCCCCCCCCCCCCC/C=C\CCCCCCCCC(O)C(=O)NC(CO)C(O)C(O)CCC/C=C/CCCCCCCCCCCCCCCCC. The van der Waals surface area contributed by atoms with Crippen LogP contribution in [-0.4, -0.2) is 57.3 Å². The molecule has 344 valence electrons. The van der Waals surface area contributed by atoms with E-state index in [0.29, 0.717) is 12.8 Å². The van der Waals surface area contributed by atoms with Crippen molar-refractivity contribution >= 4 is 5.91 Å². The number of aliphatic hydroxyl groups excluding tert-OH is 4. The quantitative estimate of drug-likeness (QED) is 0.0310. The molecule has 4 atom stereocenters. The molecule has 0 aliphatic rings. The summed E-state index contributed by atoms with van der Waals surface area (Å²) in [6.07, 6.45) is 55.1. The molecule has 58 heavy (non-hydrogen) atoms. The molecule has 0 bridgehead atoms.